The van der Waals surface area contributed by atoms with Gasteiger partial charge in [0.2, 0.25) is 10.0 Å². The Morgan fingerprint density at radius 1 is 0.800 bits per heavy atom. The van der Waals surface area contributed by atoms with E-state index in [4.69, 9.17) is 0 Å². The smallest absolute Gasteiger partial charge is 0.207 e. The number of hydrogen-bond acceptors (Lipinski definition) is 2. The molecule has 0 heterocycles. The molecule has 3 rings (SSSR count). The summed E-state index contributed by atoms with van der Waals surface area (Å²) in [5, 5.41) is 0. The van der Waals surface area contributed by atoms with Crippen LogP contribution in [0, 0.1) is 0 Å². The van der Waals surface area contributed by atoms with Crippen LogP contribution >= 0.6 is 0 Å². The predicted molar refractivity (Wildman–Crippen MR) is 80.0 cm³/mol. The van der Waals surface area contributed by atoms with Gasteiger partial charge in [0.05, 0.1) is 4.90 Å². The molecule has 3 nitrogen and oxygen atoms in total. The van der Waals surface area contributed by atoms with Gasteiger partial charge in [0.1, 0.15) is 0 Å². The lowest BCUT2D eigenvalue weighted by atomic mass is 10.2. The second-order valence-corrected chi connectivity index (χ2v) is 7.87. The molecule has 2 aliphatic rings. The molecule has 0 aromatic heterocycles. The second kappa shape index (κ2) is 5.86. The van der Waals surface area contributed by atoms with Crippen LogP contribution in [0.3, 0.4) is 0 Å². The van der Waals surface area contributed by atoms with Crippen molar-refractivity contribution in [3.63, 3.8) is 0 Å². The summed E-state index contributed by atoms with van der Waals surface area (Å²) < 4.78 is 27.9. The molecule has 110 valence electrons. The van der Waals surface area contributed by atoms with Gasteiger partial charge in [-0.05, 0) is 37.8 Å². The third kappa shape index (κ3) is 2.63. The first-order valence-corrected chi connectivity index (χ1v) is 9.22. The van der Waals surface area contributed by atoms with Crippen molar-refractivity contribution in [3.05, 3.63) is 30.3 Å². The standard InChI is InChI=1S/C16H23NO2S/c18-20(19,16-12-2-1-3-13-16)17(14-8-4-5-9-14)15-10-6-7-11-15/h1-3,12-15H,4-11H2. The molecular formula is C16H23NO2S. The molecule has 2 aliphatic carbocycles. The zero-order chi connectivity index (χ0) is 14.0. The number of hydrogen-bond donors (Lipinski definition) is 0. The molecule has 0 amide bonds. The fraction of sp³-hybridized carbons (Fsp3) is 0.625. The average Bonchev–Trinajstić information content (AvgIpc) is 3.14. The van der Waals surface area contributed by atoms with Crippen molar-refractivity contribution in [1.82, 2.24) is 4.31 Å². The number of sulfonamides is 1. The molecule has 1 aromatic carbocycles. The largest absolute Gasteiger partial charge is 0.243 e. The van der Waals surface area contributed by atoms with Crippen molar-refractivity contribution >= 4 is 10.0 Å². The van der Waals surface area contributed by atoms with Crippen LogP contribution in [0.1, 0.15) is 51.4 Å². The van der Waals surface area contributed by atoms with Crippen LogP contribution in [0.2, 0.25) is 0 Å². The highest BCUT2D eigenvalue weighted by Gasteiger charge is 2.39. The minimum absolute atomic E-state index is 0.225. The zero-order valence-corrected chi connectivity index (χ0v) is 12.7. The molecule has 0 saturated heterocycles. The Morgan fingerprint density at radius 3 is 1.70 bits per heavy atom. The first-order valence-electron chi connectivity index (χ1n) is 7.78. The van der Waals surface area contributed by atoms with Crippen molar-refractivity contribution in [2.75, 3.05) is 0 Å². The molecule has 4 heteroatoms. The molecule has 20 heavy (non-hydrogen) atoms. The summed E-state index contributed by atoms with van der Waals surface area (Å²) in [5.41, 5.74) is 0. The fourth-order valence-electron chi connectivity index (χ4n) is 3.72. The quantitative estimate of drug-likeness (QED) is 0.851. The Balaban J connectivity index is 1.95. The third-order valence-electron chi connectivity index (χ3n) is 4.69. The number of rotatable bonds is 4. The predicted octanol–water partition coefficient (Wildman–Crippen LogP) is 3.56. The molecule has 0 spiro atoms. The Labute approximate surface area is 122 Å². The molecule has 2 saturated carbocycles. The zero-order valence-electron chi connectivity index (χ0n) is 11.9. The second-order valence-electron chi connectivity index (χ2n) is 6.02. The summed E-state index contributed by atoms with van der Waals surface area (Å²) in [7, 11) is -3.33. The summed E-state index contributed by atoms with van der Waals surface area (Å²) in [5.74, 6) is 0. The van der Waals surface area contributed by atoms with Crippen LogP contribution in [-0.4, -0.2) is 24.8 Å². The molecule has 2 fully saturated rings. The molecule has 0 aliphatic heterocycles. The summed E-state index contributed by atoms with van der Waals surface area (Å²) >= 11 is 0. The fourth-order valence-corrected chi connectivity index (χ4v) is 5.67. The first-order chi connectivity index (χ1) is 9.69. The van der Waals surface area contributed by atoms with Gasteiger partial charge in [-0.25, -0.2) is 8.42 Å². The summed E-state index contributed by atoms with van der Waals surface area (Å²) in [6.45, 7) is 0. The van der Waals surface area contributed by atoms with Crippen molar-refractivity contribution in [2.24, 2.45) is 0 Å². The Bertz CT molecular complexity index is 513. The maximum atomic E-state index is 13.0. The van der Waals surface area contributed by atoms with E-state index in [-0.39, 0.29) is 12.1 Å². The molecule has 0 unspecified atom stereocenters. The van der Waals surface area contributed by atoms with Crippen LogP contribution in [0.25, 0.3) is 0 Å². The minimum atomic E-state index is -3.33. The summed E-state index contributed by atoms with van der Waals surface area (Å²) in [4.78, 5) is 0.457. The third-order valence-corrected chi connectivity index (χ3v) is 6.71. The van der Waals surface area contributed by atoms with Crippen molar-refractivity contribution in [2.45, 2.75) is 68.3 Å². The number of benzene rings is 1. The van der Waals surface area contributed by atoms with Gasteiger partial charge in [-0.2, -0.15) is 4.31 Å². The summed E-state index contributed by atoms with van der Waals surface area (Å²) in [6, 6.07) is 9.40. The lowest BCUT2D eigenvalue weighted by Crippen LogP contribution is -2.44. The maximum absolute atomic E-state index is 13.0. The van der Waals surface area contributed by atoms with Gasteiger partial charge < -0.3 is 0 Å². The van der Waals surface area contributed by atoms with Crippen LogP contribution in [0.4, 0.5) is 0 Å². The Morgan fingerprint density at radius 2 is 1.25 bits per heavy atom. The topological polar surface area (TPSA) is 37.4 Å². The van der Waals surface area contributed by atoms with Gasteiger partial charge in [-0.1, -0.05) is 43.9 Å². The molecule has 1 aromatic rings. The van der Waals surface area contributed by atoms with Crippen LogP contribution in [0.5, 0.6) is 0 Å². The van der Waals surface area contributed by atoms with Crippen molar-refractivity contribution < 1.29 is 8.42 Å². The van der Waals surface area contributed by atoms with E-state index in [1.165, 1.54) is 0 Å². The van der Waals surface area contributed by atoms with Gasteiger partial charge in [0, 0.05) is 12.1 Å². The van der Waals surface area contributed by atoms with E-state index in [0.29, 0.717) is 4.90 Å². The van der Waals surface area contributed by atoms with E-state index in [9.17, 15) is 8.42 Å². The van der Waals surface area contributed by atoms with Gasteiger partial charge >= 0.3 is 0 Å². The average molecular weight is 293 g/mol. The van der Waals surface area contributed by atoms with Crippen LogP contribution < -0.4 is 0 Å². The minimum Gasteiger partial charge on any atom is -0.207 e. The van der Waals surface area contributed by atoms with Gasteiger partial charge in [0.15, 0.2) is 0 Å². The van der Waals surface area contributed by atoms with E-state index < -0.39 is 10.0 Å². The normalized spacial score (nSPS) is 21.9. The van der Waals surface area contributed by atoms with E-state index in [2.05, 4.69) is 0 Å². The van der Waals surface area contributed by atoms with E-state index in [1.54, 1.807) is 12.1 Å². The van der Waals surface area contributed by atoms with Crippen molar-refractivity contribution in [1.29, 1.82) is 0 Å². The Kier molecular flexibility index (Phi) is 4.13. The molecule has 0 atom stereocenters. The highest BCUT2D eigenvalue weighted by molar-refractivity contribution is 7.89. The molecular weight excluding hydrogens is 270 g/mol. The number of nitrogens with zero attached hydrogens (tertiary/aromatic N) is 1. The first kappa shape index (κ1) is 14.1. The van der Waals surface area contributed by atoms with Crippen LogP contribution in [-0.2, 0) is 10.0 Å². The lowest BCUT2D eigenvalue weighted by Gasteiger charge is -2.33. The van der Waals surface area contributed by atoms with E-state index in [1.807, 2.05) is 22.5 Å². The molecule has 0 N–H and O–H groups in total. The highest BCUT2D eigenvalue weighted by atomic mass is 32.2. The maximum Gasteiger partial charge on any atom is 0.243 e. The van der Waals surface area contributed by atoms with E-state index in [0.717, 1.165) is 51.4 Å². The monoisotopic (exact) mass is 293 g/mol. The van der Waals surface area contributed by atoms with Gasteiger partial charge in [-0.3, -0.25) is 0 Å². The van der Waals surface area contributed by atoms with Crippen molar-refractivity contribution in [3.8, 4) is 0 Å². The van der Waals surface area contributed by atoms with Crippen LogP contribution in [0.15, 0.2) is 35.2 Å². The van der Waals surface area contributed by atoms with Gasteiger partial charge in [0.25, 0.3) is 0 Å². The SMILES string of the molecule is O=S(=O)(c1ccccc1)N(C1CCCC1)C1CCCC1. The molecule has 0 radical (unpaired) electrons. The summed E-state index contributed by atoms with van der Waals surface area (Å²) in [6.07, 6.45) is 8.78. The van der Waals surface area contributed by atoms with E-state index >= 15 is 0 Å². The highest BCUT2D eigenvalue weighted by Crippen LogP contribution is 2.35. The Hall–Kier alpha value is -0.870. The molecule has 0 bridgehead atoms. The lowest BCUT2D eigenvalue weighted by molar-refractivity contribution is 0.252. The van der Waals surface area contributed by atoms with Gasteiger partial charge in [-0.15, -0.1) is 0 Å².